The van der Waals surface area contributed by atoms with Crippen LogP contribution in [0.1, 0.15) is 20.3 Å². The maximum atomic E-state index is 11.7. The number of aliphatic hydroxyl groups is 1. The SMILES string of the molecule is CCC(C)C(O)CNC(=O)N1CCOCC1. The summed E-state index contributed by atoms with van der Waals surface area (Å²) in [7, 11) is 0. The van der Waals surface area contributed by atoms with Gasteiger partial charge in [-0.25, -0.2) is 4.79 Å². The minimum absolute atomic E-state index is 0.106. The normalized spacial score (nSPS) is 20.3. The molecule has 2 atom stereocenters. The first kappa shape index (κ1) is 13.3. The zero-order valence-corrected chi connectivity index (χ0v) is 10.1. The number of nitrogens with zero attached hydrogens (tertiary/aromatic N) is 1. The molecule has 2 unspecified atom stereocenters. The van der Waals surface area contributed by atoms with E-state index >= 15 is 0 Å². The molecule has 5 heteroatoms. The fraction of sp³-hybridized carbons (Fsp3) is 0.909. The Kier molecular flexibility index (Phi) is 5.55. The number of rotatable bonds is 4. The van der Waals surface area contributed by atoms with Gasteiger partial charge in [0.1, 0.15) is 0 Å². The average molecular weight is 230 g/mol. The number of urea groups is 1. The van der Waals surface area contributed by atoms with E-state index in [0.29, 0.717) is 32.8 Å². The standard InChI is InChI=1S/C11H22N2O3/c1-3-9(2)10(14)8-12-11(15)13-4-6-16-7-5-13/h9-10,14H,3-8H2,1-2H3,(H,12,15). The van der Waals surface area contributed by atoms with Gasteiger partial charge in [-0.2, -0.15) is 0 Å². The minimum Gasteiger partial charge on any atom is -0.391 e. The van der Waals surface area contributed by atoms with Crippen molar-refractivity contribution in [3.8, 4) is 0 Å². The van der Waals surface area contributed by atoms with Crippen LogP contribution in [0.5, 0.6) is 0 Å². The third kappa shape index (κ3) is 3.98. The van der Waals surface area contributed by atoms with Crippen molar-refractivity contribution < 1.29 is 14.6 Å². The Morgan fingerprint density at radius 2 is 2.12 bits per heavy atom. The maximum absolute atomic E-state index is 11.7. The molecular formula is C11H22N2O3. The molecule has 1 aliphatic heterocycles. The van der Waals surface area contributed by atoms with E-state index in [9.17, 15) is 9.90 Å². The van der Waals surface area contributed by atoms with Gasteiger partial charge in [0, 0.05) is 19.6 Å². The number of carbonyl (C=O) groups excluding carboxylic acids is 1. The van der Waals surface area contributed by atoms with Crippen molar-refractivity contribution in [3.05, 3.63) is 0 Å². The van der Waals surface area contributed by atoms with Gasteiger partial charge in [0.05, 0.1) is 19.3 Å². The van der Waals surface area contributed by atoms with E-state index in [0.717, 1.165) is 6.42 Å². The van der Waals surface area contributed by atoms with Gasteiger partial charge < -0.3 is 20.1 Å². The molecule has 1 rings (SSSR count). The van der Waals surface area contributed by atoms with Gasteiger partial charge in [-0.3, -0.25) is 0 Å². The Bertz CT molecular complexity index is 217. The number of hydrogen-bond donors (Lipinski definition) is 2. The molecule has 0 aromatic rings. The average Bonchev–Trinajstić information content (AvgIpc) is 2.35. The molecule has 0 aromatic heterocycles. The Labute approximate surface area is 96.8 Å². The van der Waals surface area contributed by atoms with Gasteiger partial charge in [-0.05, 0) is 5.92 Å². The van der Waals surface area contributed by atoms with Crippen molar-refractivity contribution in [2.75, 3.05) is 32.8 Å². The van der Waals surface area contributed by atoms with E-state index in [2.05, 4.69) is 5.32 Å². The van der Waals surface area contributed by atoms with E-state index in [-0.39, 0.29) is 11.9 Å². The highest BCUT2D eigenvalue weighted by molar-refractivity contribution is 5.74. The zero-order valence-electron chi connectivity index (χ0n) is 10.1. The van der Waals surface area contributed by atoms with E-state index in [1.807, 2.05) is 13.8 Å². The Morgan fingerprint density at radius 3 is 2.69 bits per heavy atom. The van der Waals surface area contributed by atoms with Crippen LogP contribution in [0.2, 0.25) is 0 Å². The molecule has 5 nitrogen and oxygen atoms in total. The molecule has 0 aliphatic carbocycles. The molecular weight excluding hydrogens is 208 g/mol. The van der Waals surface area contributed by atoms with Crippen LogP contribution >= 0.6 is 0 Å². The van der Waals surface area contributed by atoms with Crippen molar-refractivity contribution >= 4 is 6.03 Å². The molecule has 94 valence electrons. The van der Waals surface area contributed by atoms with Gasteiger partial charge in [-0.15, -0.1) is 0 Å². The smallest absolute Gasteiger partial charge is 0.317 e. The highest BCUT2D eigenvalue weighted by atomic mass is 16.5. The molecule has 0 saturated carbocycles. The molecule has 16 heavy (non-hydrogen) atoms. The summed E-state index contributed by atoms with van der Waals surface area (Å²) >= 11 is 0. The lowest BCUT2D eigenvalue weighted by atomic mass is 10.0. The highest BCUT2D eigenvalue weighted by Gasteiger charge is 2.18. The van der Waals surface area contributed by atoms with Crippen molar-refractivity contribution in [1.82, 2.24) is 10.2 Å². The van der Waals surface area contributed by atoms with Crippen molar-refractivity contribution in [2.24, 2.45) is 5.92 Å². The second kappa shape index (κ2) is 6.70. The summed E-state index contributed by atoms with van der Waals surface area (Å²) in [5.41, 5.74) is 0. The van der Waals surface area contributed by atoms with Gasteiger partial charge >= 0.3 is 6.03 Å². The Hall–Kier alpha value is -0.810. The van der Waals surface area contributed by atoms with Crippen LogP contribution in [0.3, 0.4) is 0 Å². The van der Waals surface area contributed by atoms with Gasteiger partial charge in [0.25, 0.3) is 0 Å². The van der Waals surface area contributed by atoms with Gasteiger partial charge in [-0.1, -0.05) is 20.3 Å². The quantitative estimate of drug-likeness (QED) is 0.736. The summed E-state index contributed by atoms with van der Waals surface area (Å²) in [4.78, 5) is 13.4. The molecule has 1 fully saturated rings. The third-order valence-electron chi connectivity index (χ3n) is 3.06. The maximum Gasteiger partial charge on any atom is 0.317 e. The number of morpholine rings is 1. The van der Waals surface area contributed by atoms with Crippen LogP contribution in [-0.4, -0.2) is 55.0 Å². The van der Waals surface area contributed by atoms with E-state index in [4.69, 9.17) is 4.74 Å². The topological polar surface area (TPSA) is 61.8 Å². The molecule has 2 amide bonds. The van der Waals surface area contributed by atoms with Gasteiger partial charge in [0.15, 0.2) is 0 Å². The zero-order chi connectivity index (χ0) is 12.0. The van der Waals surface area contributed by atoms with Crippen LogP contribution in [0, 0.1) is 5.92 Å². The molecule has 0 radical (unpaired) electrons. The van der Waals surface area contributed by atoms with Crippen LogP contribution in [0.25, 0.3) is 0 Å². The summed E-state index contributed by atoms with van der Waals surface area (Å²) in [6, 6.07) is -0.106. The summed E-state index contributed by atoms with van der Waals surface area (Å²) in [5.74, 6) is 0.213. The number of carbonyl (C=O) groups is 1. The van der Waals surface area contributed by atoms with Crippen LogP contribution in [-0.2, 0) is 4.74 Å². The van der Waals surface area contributed by atoms with Crippen molar-refractivity contribution in [1.29, 1.82) is 0 Å². The van der Waals surface area contributed by atoms with E-state index in [1.54, 1.807) is 4.90 Å². The van der Waals surface area contributed by atoms with Crippen LogP contribution < -0.4 is 5.32 Å². The number of hydrogen-bond acceptors (Lipinski definition) is 3. The predicted octanol–water partition coefficient (Wildman–Crippen LogP) is 0.435. The third-order valence-corrected chi connectivity index (χ3v) is 3.06. The van der Waals surface area contributed by atoms with Gasteiger partial charge in [0.2, 0.25) is 0 Å². The molecule has 0 spiro atoms. The minimum atomic E-state index is -0.463. The van der Waals surface area contributed by atoms with Crippen molar-refractivity contribution in [2.45, 2.75) is 26.4 Å². The number of nitrogens with one attached hydrogen (secondary N) is 1. The number of ether oxygens (including phenoxy) is 1. The monoisotopic (exact) mass is 230 g/mol. The lowest BCUT2D eigenvalue weighted by molar-refractivity contribution is 0.0510. The summed E-state index contributed by atoms with van der Waals surface area (Å²) < 4.78 is 5.16. The summed E-state index contributed by atoms with van der Waals surface area (Å²) in [6.07, 6.45) is 0.448. The molecule has 2 N–H and O–H groups in total. The first-order valence-electron chi connectivity index (χ1n) is 5.93. The lowest BCUT2D eigenvalue weighted by Crippen LogP contribution is -2.48. The molecule has 0 aromatic carbocycles. The molecule has 1 heterocycles. The fourth-order valence-electron chi connectivity index (χ4n) is 1.54. The fourth-order valence-corrected chi connectivity index (χ4v) is 1.54. The largest absolute Gasteiger partial charge is 0.391 e. The Morgan fingerprint density at radius 1 is 1.50 bits per heavy atom. The second-order valence-corrected chi connectivity index (χ2v) is 4.24. The Balaban J connectivity index is 2.23. The van der Waals surface area contributed by atoms with E-state index < -0.39 is 6.10 Å². The molecule has 0 bridgehead atoms. The highest BCUT2D eigenvalue weighted by Crippen LogP contribution is 2.06. The van der Waals surface area contributed by atoms with E-state index in [1.165, 1.54) is 0 Å². The predicted molar refractivity (Wildman–Crippen MR) is 61.3 cm³/mol. The summed E-state index contributed by atoms with van der Waals surface area (Å²) in [6.45, 7) is 6.79. The number of aliphatic hydroxyl groups excluding tert-OH is 1. The summed E-state index contributed by atoms with van der Waals surface area (Å²) in [5, 5.41) is 12.5. The molecule has 1 aliphatic rings. The van der Waals surface area contributed by atoms with Crippen LogP contribution in [0.4, 0.5) is 4.79 Å². The number of amides is 2. The molecule has 1 saturated heterocycles. The van der Waals surface area contributed by atoms with Crippen LogP contribution in [0.15, 0.2) is 0 Å². The first-order valence-corrected chi connectivity index (χ1v) is 5.93. The van der Waals surface area contributed by atoms with Crippen molar-refractivity contribution in [3.63, 3.8) is 0 Å². The second-order valence-electron chi connectivity index (χ2n) is 4.24. The lowest BCUT2D eigenvalue weighted by Gasteiger charge is -2.28. The first-order chi connectivity index (χ1) is 7.65.